The zero-order chi connectivity index (χ0) is 18.1. The molecule has 0 aliphatic heterocycles. The zero-order valence-corrected chi connectivity index (χ0v) is 14.1. The Morgan fingerprint density at radius 1 is 0.885 bits per heavy atom. The van der Waals surface area contributed by atoms with Crippen LogP contribution in [0.2, 0.25) is 0 Å². The Hall–Kier alpha value is -3.53. The van der Waals surface area contributed by atoms with Crippen molar-refractivity contribution in [2.75, 3.05) is 7.11 Å². The molecule has 4 aromatic rings. The average Bonchev–Trinajstić information content (AvgIpc) is 2.68. The number of phenolic OH excluding ortho intramolecular Hbond substituents is 1. The molecular formula is C22H16O4. The van der Waals surface area contributed by atoms with Crippen LogP contribution in [0.25, 0.3) is 33.4 Å². The summed E-state index contributed by atoms with van der Waals surface area (Å²) in [5, 5.41) is 10.9. The lowest BCUT2D eigenvalue weighted by Crippen LogP contribution is -2.04. The molecule has 0 aliphatic carbocycles. The molecule has 1 heterocycles. The number of ether oxygens (including phenoxy) is 1. The second kappa shape index (κ2) is 6.41. The standard InChI is InChI=1S/C22H16O4/c1-25-19-13-16(23)20(15-10-6-3-7-11-15)22-21(19)17(24)12-18(26-22)14-8-4-2-5-9-14/h2-13,23H,1H3. The first-order valence-corrected chi connectivity index (χ1v) is 8.17. The fraction of sp³-hybridized carbons (Fsp3) is 0.0455. The molecule has 0 radical (unpaired) electrons. The van der Waals surface area contributed by atoms with Crippen molar-refractivity contribution in [1.29, 1.82) is 0 Å². The summed E-state index contributed by atoms with van der Waals surface area (Å²) < 4.78 is 11.4. The monoisotopic (exact) mass is 344 g/mol. The zero-order valence-electron chi connectivity index (χ0n) is 14.1. The van der Waals surface area contributed by atoms with Crippen LogP contribution < -0.4 is 10.2 Å². The van der Waals surface area contributed by atoms with E-state index in [1.807, 2.05) is 60.7 Å². The van der Waals surface area contributed by atoms with Gasteiger partial charge in [-0.2, -0.15) is 0 Å². The van der Waals surface area contributed by atoms with E-state index in [1.165, 1.54) is 19.2 Å². The van der Waals surface area contributed by atoms with Gasteiger partial charge in [0.25, 0.3) is 0 Å². The first-order chi connectivity index (χ1) is 12.7. The number of phenols is 1. The molecule has 0 aliphatic rings. The number of aromatic hydroxyl groups is 1. The molecule has 0 amide bonds. The van der Waals surface area contributed by atoms with Gasteiger partial charge in [-0.25, -0.2) is 0 Å². The van der Waals surface area contributed by atoms with Crippen LogP contribution in [0.5, 0.6) is 11.5 Å². The van der Waals surface area contributed by atoms with Gasteiger partial charge in [0.2, 0.25) is 0 Å². The molecule has 0 saturated heterocycles. The third-order valence-corrected chi connectivity index (χ3v) is 4.29. The van der Waals surface area contributed by atoms with E-state index < -0.39 is 0 Å². The molecule has 4 rings (SSSR count). The molecule has 4 heteroatoms. The molecule has 0 spiro atoms. The van der Waals surface area contributed by atoms with E-state index in [4.69, 9.17) is 9.15 Å². The van der Waals surface area contributed by atoms with Crippen molar-refractivity contribution >= 4 is 11.0 Å². The second-order valence-electron chi connectivity index (χ2n) is 5.88. The third-order valence-electron chi connectivity index (χ3n) is 4.29. The maximum absolute atomic E-state index is 12.8. The normalized spacial score (nSPS) is 10.8. The maximum atomic E-state index is 12.8. The van der Waals surface area contributed by atoms with Crippen LogP contribution in [0.1, 0.15) is 0 Å². The van der Waals surface area contributed by atoms with Gasteiger partial charge in [0.1, 0.15) is 22.6 Å². The first-order valence-electron chi connectivity index (χ1n) is 8.17. The van der Waals surface area contributed by atoms with E-state index in [-0.39, 0.29) is 16.9 Å². The van der Waals surface area contributed by atoms with Crippen molar-refractivity contribution in [2.45, 2.75) is 0 Å². The van der Waals surface area contributed by atoms with Gasteiger partial charge in [0.05, 0.1) is 12.7 Å². The lowest BCUT2D eigenvalue weighted by molar-refractivity contribution is 0.411. The minimum absolute atomic E-state index is 0.00564. The van der Waals surface area contributed by atoms with Gasteiger partial charge in [-0.1, -0.05) is 60.7 Å². The van der Waals surface area contributed by atoms with Gasteiger partial charge in [-0.05, 0) is 5.56 Å². The largest absolute Gasteiger partial charge is 0.507 e. The fourth-order valence-electron chi connectivity index (χ4n) is 3.08. The van der Waals surface area contributed by atoms with Crippen LogP contribution in [0.3, 0.4) is 0 Å². The van der Waals surface area contributed by atoms with E-state index >= 15 is 0 Å². The average molecular weight is 344 g/mol. The van der Waals surface area contributed by atoms with Crippen molar-refractivity contribution in [3.05, 3.63) is 83.0 Å². The van der Waals surface area contributed by atoms with Gasteiger partial charge >= 0.3 is 0 Å². The molecule has 3 aromatic carbocycles. The number of hydrogen-bond donors (Lipinski definition) is 1. The molecule has 128 valence electrons. The second-order valence-corrected chi connectivity index (χ2v) is 5.88. The highest BCUT2D eigenvalue weighted by atomic mass is 16.5. The Kier molecular flexibility index (Phi) is 3.93. The molecular weight excluding hydrogens is 328 g/mol. The Labute approximate surface area is 149 Å². The molecule has 1 aromatic heterocycles. The van der Waals surface area contributed by atoms with Gasteiger partial charge in [0, 0.05) is 17.7 Å². The topological polar surface area (TPSA) is 59.7 Å². The van der Waals surface area contributed by atoms with Crippen LogP contribution in [0.4, 0.5) is 0 Å². The molecule has 1 N–H and O–H groups in total. The minimum atomic E-state index is -0.223. The van der Waals surface area contributed by atoms with Crippen LogP contribution in [-0.2, 0) is 0 Å². The molecule has 0 bridgehead atoms. The van der Waals surface area contributed by atoms with E-state index in [0.717, 1.165) is 11.1 Å². The molecule has 4 nitrogen and oxygen atoms in total. The molecule has 0 atom stereocenters. The highest BCUT2D eigenvalue weighted by molar-refractivity contribution is 5.99. The van der Waals surface area contributed by atoms with Crippen molar-refractivity contribution in [2.24, 2.45) is 0 Å². The van der Waals surface area contributed by atoms with E-state index in [2.05, 4.69) is 0 Å². The van der Waals surface area contributed by atoms with Crippen molar-refractivity contribution in [3.63, 3.8) is 0 Å². The summed E-state index contributed by atoms with van der Waals surface area (Å²) in [6, 6.07) is 21.6. The fourth-order valence-corrected chi connectivity index (χ4v) is 3.08. The first kappa shape index (κ1) is 16.0. The van der Waals surface area contributed by atoms with E-state index in [9.17, 15) is 9.90 Å². The maximum Gasteiger partial charge on any atom is 0.197 e. The lowest BCUT2D eigenvalue weighted by Gasteiger charge is -2.13. The lowest BCUT2D eigenvalue weighted by atomic mass is 10.00. The summed E-state index contributed by atoms with van der Waals surface area (Å²) >= 11 is 0. The summed E-state index contributed by atoms with van der Waals surface area (Å²) in [5.41, 5.74) is 2.09. The highest BCUT2D eigenvalue weighted by Gasteiger charge is 2.20. The number of methoxy groups -OCH3 is 1. The Bertz CT molecular complexity index is 1130. The van der Waals surface area contributed by atoms with Gasteiger partial charge in [0.15, 0.2) is 11.0 Å². The van der Waals surface area contributed by atoms with Crippen LogP contribution >= 0.6 is 0 Å². The molecule has 26 heavy (non-hydrogen) atoms. The van der Waals surface area contributed by atoms with E-state index in [0.29, 0.717) is 22.3 Å². The van der Waals surface area contributed by atoms with Crippen LogP contribution in [0.15, 0.2) is 82.0 Å². The molecule has 0 saturated carbocycles. The summed E-state index contributed by atoms with van der Waals surface area (Å²) in [6.45, 7) is 0. The summed E-state index contributed by atoms with van der Waals surface area (Å²) in [4.78, 5) is 12.8. The predicted molar refractivity (Wildman–Crippen MR) is 102 cm³/mol. The summed E-state index contributed by atoms with van der Waals surface area (Å²) in [6.07, 6.45) is 0. The summed E-state index contributed by atoms with van der Waals surface area (Å²) in [7, 11) is 1.46. The SMILES string of the molecule is COc1cc(O)c(-c2ccccc2)c2oc(-c3ccccc3)cc(=O)c12. The van der Waals surface area contributed by atoms with Crippen molar-refractivity contribution < 1.29 is 14.3 Å². The van der Waals surface area contributed by atoms with E-state index in [1.54, 1.807) is 0 Å². The highest BCUT2D eigenvalue weighted by Crippen LogP contribution is 2.41. The van der Waals surface area contributed by atoms with Gasteiger partial charge < -0.3 is 14.3 Å². The Morgan fingerprint density at radius 2 is 1.50 bits per heavy atom. The quantitative estimate of drug-likeness (QED) is 0.578. The molecule has 0 fully saturated rings. The van der Waals surface area contributed by atoms with Gasteiger partial charge in [-0.15, -0.1) is 0 Å². The Morgan fingerprint density at radius 3 is 2.12 bits per heavy atom. The van der Waals surface area contributed by atoms with Crippen molar-refractivity contribution in [3.8, 4) is 33.9 Å². The molecule has 0 unspecified atom stereocenters. The minimum Gasteiger partial charge on any atom is -0.507 e. The number of fused-ring (bicyclic) bond motifs is 1. The van der Waals surface area contributed by atoms with Gasteiger partial charge in [-0.3, -0.25) is 4.79 Å². The predicted octanol–water partition coefficient (Wildman–Crippen LogP) is 4.84. The van der Waals surface area contributed by atoms with Crippen LogP contribution in [0, 0.1) is 0 Å². The van der Waals surface area contributed by atoms with Crippen LogP contribution in [-0.4, -0.2) is 12.2 Å². The Balaban J connectivity index is 2.13. The van der Waals surface area contributed by atoms with Crippen molar-refractivity contribution in [1.82, 2.24) is 0 Å². The number of hydrogen-bond acceptors (Lipinski definition) is 4. The summed E-state index contributed by atoms with van der Waals surface area (Å²) in [5.74, 6) is 0.715. The number of benzene rings is 3. The number of rotatable bonds is 3. The smallest absolute Gasteiger partial charge is 0.197 e. The third kappa shape index (κ3) is 2.62.